The topological polar surface area (TPSA) is 43.7 Å². The van der Waals surface area contributed by atoms with Crippen molar-refractivity contribution in [3.05, 3.63) is 0 Å². The zero-order chi connectivity index (χ0) is 7.78. The first kappa shape index (κ1) is 8.33. The normalized spacial score (nSPS) is 22.9. The Hall–Kier alpha value is 0.230. The van der Waals surface area contributed by atoms with E-state index >= 15 is 0 Å². The highest BCUT2D eigenvalue weighted by Gasteiger charge is 2.30. The molecule has 0 aromatic heterocycles. The van der Waals surface area contributed by atoms with Gasteiger partial charge in [-0.3, -0.25) is 9.11 Å². The average Bonchev–Trinajstić information content (AvgIpc) is 1.57. The van der Waals surface area contributed by atoms with E-state index in [0.29, 0.717) is 0 Å². The molecule has 1 saturated heterocycles. The van der Waals surface area contributed by atoms with E-state index in [-0.39, 0.29) is 5.25 Å². The number of nitrogens with zero attached hydrogens (tertiary/aromatic N) is 1. The summed E-state index contributed by atoms with van der Waals surface area (Å²) in [7, 11) is -2.41. The van der Waals surface area contributed by atoms with Gasteiger partial charge in [-0.25, -0.2) is 4.31 Å². The lowest BCUT2D eigenvalue weighted by molar-refractivity contribution is 0.266. The van der Waals surface area contributed by atoms with Crippen molar-refractivity contribution in [1.29, 1.82) is 0 Å². The lowest BCUT2D eigenvalue weighted by Gasteiger charge is -2.50. The summed E-state index contributed by atoms with van der Waals surface area (Å²) in [4.78, 5) is 0. The number of hydrogen-bond acceptors (Lipinski definition) is 3. The van der Waals surface area contributed by atoms with Gasteiger partial charge in [-0.2, -0.15) is 0 Å². The molecule has 0 saturated carbocycles. The molecule has 1 heterocycles. The number of rotatable bonds is 2. The summed E-state index contributed by atoms with van der Waals surface area (Å²) in [6, 6.07) is 0. The van der Waals surface area contributed by atoms with Crippen LogP contribution >= 0.6 is 10.8 Å². The quantitative estimate of drug-likeness (QED) is 0.655. The van der Waals surface area contributed by atoms with Crippen LogP contribution < -0.4 is 0 Å². The molecular weight excluding hydrogens is 150 g/mol. The maximum absolute atomic E-state index is 9.48. The Morgan fingerprint density at radius 3 is 1.90 bits per heavy atom. The van der Waals surface area contributed by atoms with Crippen molar-refractivity contribution in [1.82, 2.24) is 4.31 Å². The maximum atomic E-state index is 9.48. The van der Waals surface area contributed by atoms with Crippen LogP contribution in [0.25, 0.3) is 0 Å². The Morgan fingerprint density at radius 1 is 1.30 bits per heavy atom. The first-order valence-electron chi connectivity index (χ1n) is 3.57. The van der Waals surface area contributed by atoms with E-state index in [1.165, 1.54) is 0 Å². The molecule has 1 aliphatic heterocycles. The molecule has 0 amide bonds. The van der Waals surface area contributed by atoms with Gasteiger partial charge in [0, 0.05) is 13.1 Å². The molecule has 1 rings (SSSR count). The first-order valence-corrected chi connectivity index (χ1v) is 5.14. The summed E-state index contributed by atoms with van der Waals surface area (Å²) in [5.41, 5.74) is 0. The van der Waals surface area contributed by atoms with E-state index in [0.717, 1.165) is 19.5 Å². The lowest BCUT2D eigenvalue weighted by atomic mass is 10.3. The van der Waals surface area contributed by atoms with Gasteiger partial charge in [0.05, 0.1) is 5.25 Å². The molecular formula is C6H15NO2S. The van der Waals surface area contributed by atoms with Crippen LogP contribution in [-0.4, -0.2) is 31.8 Å². The summed E-state index contributed by atoms with van der Waals surface area (Å²) in [6.07, 6.45) is 1.10. The van der Waals surface area contributed by atoms with Crippen LogP contribution in [0.2, 0.25) is 0 Å². The van der Waals surface area contributed by atoms with Gasteiger partial charge in [-0.15, -0.1) is 10.8 Å². The highest BCUT2D eigenvalue weighted by atomic mass is 32.3. The highest BCUT2D eigenvalue weighted by Crippen LogP contribution is 2.49. The molecule has 0 atom stereocenters. The predicted octanol–water partition coefficient (Wildman–Crippen LogP) is 1.77. The fourth-order valence-electron chi connectivity index (χ4n) is 0.854. The molecule has 3 nitrogen and oxygen atoms in total. The van der Waals surface area contributed by atoms with Gasteiger partial charge in [0.2, 0.25) is 0 Å². The smallest absolute Gasteiger partial charge is 0.0584 e. The minimum Gasteiger partial charge on any atom is -0.285 e. The van der Waals surface area contributed by atoms with E-state index in [4.69, 9.17) is 0 Å². The third-order valence-electron chi connectivity index (χ3n) is 1.83. The largest absolute Gasteiger partial charge is 0.285 e. The fraction of sp³-hybridized carbons (Fsp3) is 1.00. The van der Waals surface area contributed by atoms with E-state index in [9.17, 15) is 9.11 Å². The molecule has 10 heavy (non-hydrogen) atoms. The molecule has 0 unspecified atom stereocenters. The van der Waals surface area contributed by atoms with Gasteiger partial charge in [0.25, 0.3) is 0 Å². The summed E-state index contributed by atoms with van der Waals surface area (Å²) in [5.74, 6) is 0. The third kappa shape index (κ3) is 1.29. The van der Waals surface area contributed by atoms with Crippen LogP contribution in [-0.2, 0) is 0 Å². The molecule has 62 valence electrons. The molecule has 0 aliphatic carbocycles. The van der Waals surface area contributed by atoms with Crippen LogP contribution in [0, 0.1) is 0 Å². The minimum absolute atomic E-state index is 0.0344. The maximum Gasteiger partial charge on any atom is 0.0584 e. The first-order chi connectivity index (χ1) is 4.55. The molecule has 0 spiro atoms. The zero-order valence-electron chi connectivity index (χ0n) is 6.45. The second kappa shape index (κ2) is 2.70. The number of hydrogen-bond donors (Lipinski definition) is 2. The SMILES string of the molecule is CC(C)S(O)(O)N1CCC1. The van der Waals surface area contributed by atoms with Crippen LogP contribution in [0.3, 0.4) is 0 Å². The van der Waals surface area contributed by atoms with E-state index < -0.39 is 10.8 Å². The Labute approximate surface area is 63.5 Å². The monoisotopic (exact) mass is 165 g/mol. The van der Waals surface area contributed by atoms with Gasteiger partial charge in [-0.1, -0.05) is 0 Å². The fourth-order valence-corrected chi connectivity index (χ4v) is 2.25. The molecule has 1 aliphatic rings. The van der Waals surface area contributed by atoms with Crippen molar-refractivity contribution in [2.75, 3.05) is 13.1 Å². The Morgan fingerprint density at radius 2 is 1.80 bits per heavy atom. The van der Waals surface area contributed by atoms with E-state index in [2.05, 4.69) is 0 Å². The second-order valence-corrected chi connectivity index (χ2v) is 5.47. The van der Waals surface area contributed by atoms with Crippen LogP contribution in [0.5, 0.6) is 0 Å². The van der Waals surface area contributed by atoms with Crippen molar-refractivity contribution in [2.45, 2.75) is 25.5 Å². The summed E-state index contributed by atoms with van der Waals surface area (Å²) >= 11 is 0. The van der Waals surface area contributed by atoms with E-state index in [1.807, 2.05) is 13.8 Å². The minimum atomic E-state index is -2.41. The standard InChI is InChI=1S/C6H15NO2S/c1-6(2)10(8,9)7-4-3-5-7/h6,8-9H,3-5H2,1-2H3. The zero-order valence-corrected chi connectivity index (χ0v) is 7.27. The molecule has 0 bridgehead atoms. The van der Waals surface area contributed by atoms with Crippen LogP contribution in [0.1, 0.15) is 20.3 Å². The molecule has 1 fully saturated rings. The van der Waals surface area contributed by atoms with Crippen molar-refractivity contribution >= 4 is 10.8 Å². The Balaban J connectivity index is 2.48. The molecule has 0 radical (unpaired) electrons. The van der Waals surface area contributed by atoms with Crippen molar-refractivity contribution in [3.8, 4) is 0 Å². The average molecular weight is 165 g/mol. The van der Waals surface area contributed by atoms with E-state index in [1.54, 1.807) is 4.31 Å². The van der Waals surface area contributed by atoms with Crippen molar-refractivity contribution in [2.24, 2.45) is 0 Å². The predicted molar refractivity (Wildman–Crippen MR) is 44.2 cm³/mol. The Bertz CT molecular complexity index is 123. The highest BCUT2D eigenvalue weighted by molar-refractivity contribution is 8.22. The van der Waals surface area contributed by atoms with Crippen LogP contribution in [0.4, 0.5) is 0 Å². The molecule has 0 aromatic rings. The Kier molecular flexibility index (Phi) is 2.24. The summed E-state index contributed by atoms with van der Waals surface area (Å²) in [6.45, 7) is 5.38. The third-order valence-corrected chi connectivity index (χ3v) is 4.22. The molecule has 0 aromatic carbocycles. The summed E-state index contributed by atoms with van der Waals surface area (Å²) in [5, 5.41) is -0.0344. The van der Waals surface area contributed by atoms with Gasteiger partial charge >= 0.3 is 0 Å². The lowest BCUT2D eigenvalue weighted by Crippen LogP contribution is -2.42. The van der Waals surface area contributed by atoms with Crippen molar-refractivity contribution in [3.63, 3.8) is 0 Å². The molecule has 4 heteroatoms. The van der Waals surface area contributed by atoms with Gasteiger partial charge in [-0.05, 0) is 20.3 Å². The summed E-state index contributed by atoms with van der Waals surface area (Å²) < 4.78 is 20.7. The van der Waals surface area contributed by atoms with Gasteiger partial charge in [0.15, 0.2) is 0 Å². The molecule has 2 N–H and O–H groups in total. The van der Waals surface area contributed by atoms with Crippen molar-refractivity contribution < 1.29 is 9.11 Å². The second-order valence-electron chi connectivity index (χ2n) is 2.89. The van der Waals surface area contributed by atoms with Crippen LogP contribution in [0.15, 0.2) is 0 Å². The van der Waals surface area contributed by atoms with Gasteiger partial charge < -0.3 is 0 Å². The van der Waals surface area contributed by atoms with Gasteiger partial charge in [0.1, 0.15) is 0 Å².